The Labute approximate surface area is 128 Å². The van der Waals surface area contributed by atoms with Crippen LogP contribution in [0.3, 0.4) is 0 Å². The van der Waals surface area contributed by atoms with Crippen LogP contribution in [-0.4, -0.2) is 22.5 Å². The van der Waals surface area contributed by atoms with Crippen molar-refractivity contribution in [3.05, 3.63) is 41.0 Å². The fourth-order valence-corrected chi connectivity index (χ4v) is 3.50. The Bertz CT molecular complexity index is 743. The van der Waals surface area contributed by atoms with Crippen molar-refractivity contribution in [3.63, 3.8) is 0 Å². The summed E-state index contributed by atoms with van der Waals surface area (Å²) in [6, 6.07) is 8.11. The molecule has 2 N–H and O–H groups in total. The molecule has 3 rings (SSSR count). The van der Waals surface area contributed by atoms with Crippen LogP contribution in [0.15, 0.2) is 29.6 Å². The summed E-state index contributed by atoms with van der Waals surface area (Å²) >= 11 is 1.67. The fourth-order valence-electron chi connectivity index (χ4n) is 2.53. The van der Waals surface area contributed by atoms with Crippen molar-refractivity contribution in [2.45, 2.75) is 20.3 Å². The highest BCUT2D eigenvalue weighted by Crippen LogP contribution is 2.29. The van der Waals surface area contributed by atoms with Crippen molar-refractivity contribution in [2.24, 2.45) is 5.73 Å². The summed E-state index contributed by atoms with van der Waals surface area (Å²) in [6.07, 6.45) is 0.875. The topological polar surface area (TPSA) is 52.5 Å². The quantitative estimate of drug-likeness (QED) is 0.787. The van der Waals surface area contributed by atoms with E-state index in [1.165, 1.54) is 11.4 Å². The van der Waals surface area contributed by atoms with Gasteiger partial charge in [-0.05, 0) is 44.7 Å². The molecule has 0 unspecified atom stereocenters. The molecule has 0 amide bonds. The fraction of sp³-hybridized carbons (Fsp3) is 0.312. The number of benzene rings is 1. The van der Waals surface area contributed by atoms with Crippen molar-refractivity contribution in [2.75, 3.05) is 13.2 Å². The number of thiazole rings is 1. The molecule has 0 saturated heterocycles. The van der Waals surface area contributed by atoms with Crippen molar-refractivity contribution in [3.8, 4) is 17.0 Å². The average Bonchev–Trinajstić information content (AvgIpc) is 3.02. The molecular formula is C16H19N3OS. The first-order valence-electron chi connectivity index (χ1n) is 7.13. The number of aryl methyl sites for hydroxylation is 1. The van der Waals surface area contributed by atoms with E-state index in [2.05, 4.69) is 28.8 Å². The lowest BCUT2D eigenvalue weighted by Crippen LogP contribution is -2.05. The molecule has 0 bridgehead atoms. The maximum absolute atomic E-state index is 5.68. The van der Waals surface area contributed by atoms with Crippen LogP contribution in [0, 0.1) is 6.92 Å². The smallest absolute Gasteiger partial charge is 0.194 e. The van der Waals surface area contributed by atoms with Crippen LogP contribution in [0.25, 0.3) is 16.2 Å². The first kappa shape index (κ1) is 14.1. The Morgan fingerprint density at radius 2 is 2.05 bits per heavy atom. The van der Waals surface area contributed by atoms with Gasteiger partial charge in [0.2, 0.25) is 0 Å². The van der Waals surface area contributed by atoms with E-state index in [4.69, 9.17) is 15.5 Å². The molecule has 0 spiro atoms. The van der Waals surface area contributed by atoms with E-state index in [1.54, 1.807) is 11.3 Å². The minimum Gasteiger partial charge on any atom is -0.494 e. The number of fused-ring (bicyclic) bond motifs is 1. The summed E-state index contributed by atoms with van der Waals surface area (Å²) in [7, 11) is 0. The molecule has 0 atom stereocenters. The number of rotatable bonds is 5. The Hall–Kier alpha value is -1.85. The third kappa shape index (κ3) is 2.54. The Morgan fingerprint density at radius 3 is 2.71 bits per heavy atom. The number of aromatic nitrogens is 2. The van der Waals surface area contributed by atoms with Crippen LogP contribution in [0.1, 0.15) is 18.3 Å². The largest absolute Gasteiger partial charge is 0.494 e. The zero-order valence-electron chi connectivity index (χ0n) is 12.3. The second kappa shape index (κ2) is 5.87. The predicted molar refractivity (Wildman–Crippen MR) is 87.2 cm³/mol. The van der Waals surface area contributed by atoms with E-state index in [9.17, 15) is 0 Å². The second-order valence-corrected chi connectivity index (χ2v) is 5.72. The summed E-state index contributed by atoms with van der Waals surface area (Å²) in [4.78, 5) is 5.79. The molecule has 3 aromatic rings. The van der Waals surface area contributed by atoms with Gasteiger partial charge in [-0.1, -0.05) is 0 Å². The van der Waals surface area contributed by atoms with Crippen molar-refractivity contribution < 1.29 is 4.74 Å². The molecule has 0 aliphatic rings. The van der Waals surface area contributed by atoms with Crippen LogP contribution >= 0.6 is 11.3 Å². The third-order valence-electron chi connectivity index (χ3n) is 3.50. The second-order valence-electron chi connectivity index (χ2n) is 4.89. The number of imidazole rings is 1. The van der Waals surface area contributed by atoms with E-state index in [1.807, 2.05) is 19.1 Å². The van der Waals surface area contributed by atoms with E-state index in [0.717, 1.165) is 28.4 Å². The average molecular weight is 301 g/mol. The minimum absolute atomic E-state index is 0.655. The van der Waals surface area contributed by atoms with Gasteiger partial charge in [-0.25, -0.2) is 4.98 Å². The molecule has 0 radical (unpaired) electrons. The number of hydrogen-bond acceptors (Lipinski definition) is 4. The lowest BCUT2D eigenvalue weighted by Gasteiger charge is -2.05. The number of ether oxygens (including phenoxy) is 1. The summed E-state index contributed by atoms with van der Waals surface area (Å²) in [6.45, 7) is 5.43. The van der Waals surface area contributed by atoms with Gasteiger partial charge in [0.05, 0.1) is 12.3 Å². The van der Waals surface area contributed by atoms with Gasteiger partial charge in [0.25, 0.3) is 0 Å². The summed E-state index contributed by atoms with van der Waals surface area (Å²) in [5, 5.41) is 2.14. The van der Waals surface area contributed by atoms with Gasteiger partial charge in [-0.2, -0.15) is 0 Å². The van der Waals surface area contributed by atoms with E-state index in [0.29, 0.717) is 13.2 Å². The summed E-state index contributed by atoms with van der Waals surface area (Å²) < 4.78 is 7.70. The molecule has 1 aromatic carbocycles. The van der Waals surface area contributed by atoms with Crippen LogP contribution < -0.4 is 10.5 Å². The van der Waals surface area contributed by atoms with Crippen molar-refractivity contribution >= 4 is 16.3 Å². The molecule has 4 nitrogen and oxygen atoms in total. The Morgan fingerprint density at radius 1 is 1.29 bits per heavy atom. The zero-order valence-corrected chi connectivity index (χ0v) is 13.1. The van der Waals surface area contributed by atoms with Gasteiger partial charge >= 0.3 is 0 Å². The zero-order chi connectivity index (χ0) is 14.8. The maximum Gasteiger partial charge on any atom is 0.194 e. The van der Waals surface area contributed by atoms with Crippen LogP contribution in [0.5, 0.6) is 5.75 Å². The van der Waals surface area contributed by atoms with Crippen molar-refractivity contribution in [1.29, 1.82) is 0 Å². The molecule has 2 aromatic heterocycles. The highest BCUT2D eigenvalue weighted by atomic mass is 32.1. The molecule has 21 heavy (non-hydrogen) atoms. The molecular weight excluding hydrogens is 282 g/mol. The Kier molecular flexibility index (Phi) is 3.94. The predicted octanol–water partition coefficient (Wildman–Crippen LogP) is 3.27. The summed E-state index contributed by atoms with van der Waals surface area (Å²) in [5.41, 5.74) is 10.2. The lowest BCUT2D eigenvalue weighted by molar-refractivity contribution is 0.340. The van der Waals surface area contributed by atoms with Gasteiger partial charge < -0.3 is 10.5 Å². The number of nitrogens with zero attached hydrogens (tertiary/aromatic N) is 2. The Balaban J connectivity index is 2.02. The highest BCUT2D eigenvalue weighted by molar-refractivity contribution is 7.15. The number of hydrogen-bond donors (Lipinski definition) is 1. The first-order chi connectivity index (χ1) is 10.2. The standard InChI is InChI=1S/C16H19N3OS/c1-3-20-14-6-4-12(5-7-14)15-11(2)19-13(8-9-17)10-21-16(19)18-15/h4-7,10H,3,8-9,17H2,1-2H3. The van der Waals surface area contributed by atoms with Gasteiger partial charge in [-0.3, -0.25) is 4.40 Å². The molecule has 110 valence electrons. The third-order valence-corrected chi connectivity index (χ3v) is 4.38. The molecule has 2 heterocycles. The maximum atomic E-state index is 5.68. The van der Waals surface area contributed by atoms with Crippen LogP contribution in [0.2, 0.25) is 0 Å². The molecule has 0 aliphatic heterocycles. The van der Waals surface area contributed by atoms with E-state index in [-0.39, 0.29) is 0 Å². The van der Waals surface area contributed by atoms with E-state index < -0.39 is 0 Å². The normalized spacial score (nSPS) is 11.2. The molecule has 0 saturated carbocycles. The van der Waals surface area contributed by atoms with Gasteiger partial charge in [-0.15, -0.1) is 11.3 Å². The molecule has 0 aliphatic carbocycles. The SMILES string of the molecule is CCOc1ccc(-c2nc3scc(CCN)n3c2C)cc1. The van der Waals surface area contributed by atoms with Crippen LogP contribution in [0.4, 0.5) is 0 Å². The molecule has 5 heteroatoms. The monoisotopic (exact) mass is 301 g/mol. The van der Waals surface area contributed by atoms with Gasteiger partial charge in [0.1, 0.15) is 5.75 Å². The van der Waals surface area contributed by atoms with Gasteiger partial charge in [0, 0.05) is 28.8 Å². The lowest BCUT2D eigenvalue weighted by atomic mass is 10.1. The summed E-state index contributed by atoms with van der Waals surface area (Å²) in [5.74, 6) is 0.892. The minimum atomic E-state index is 0.655. The highest BCUT2D eigenvalue weighted by Gasteiger charge is 2.14. The van der Waals surface area contributed by atoms with Crippen molar-refractivity contribution in [1.82, 2.24) is 9.38 Å². The van der Waals surface area contributed by atoms with E-state index >= 15 is 0 Å². The first-order valence-corrected chi connectivity index (χ1v) is 8.01. The molecule has 0 fully saturated rings. The van der Waals surface area contributed by atoms with Crippen LogP contribution in [-0.2, 0) is 6.42 Å². The number of nitrogens with two attached hydrogens (primary N) is 1. The van der Waals surface area contributed by atoms with Gasteiger partial charge in [0.15, 0.2) is 4.96 Å².